The van der Waals surface area contributed by atoms with Crippen LogP contribution in [0.3, 0.4) is 0 Å². The summed E-state index contributed by atoms with van der Waals surface area (Å²) in [6.07, 6.45) is 0.248. The lowest BCUT2D eigenvalue weighted by atomic mass is 10.1. The minimum Gasteiger partial charge on any atom is -0.368 e. The summed E-state index contributed by atoms with van der Waals surface area (Å²) >= 11 is 0. The zero-order valence-electron chi connectivity index (χ0n) is 16.6. The van der Waals surface area contributed by atoms with Crippen LogP contribution in [0.25, 0.3) is 0 Å². The number of hydrazine groups is 1. The predicted molar refractivity (Wildman–Crippen MR) is 111 cm³/mol. The number of carbonyl (C=O) groups excluding carboxylic acids is 3. The highest BCUT2D eigenvalue weighted by Gasteiger charge is 2.21. The van der Waals surface area contributed by atoms with Gasteiger partial charge in [0.15, 0.2) is 0 Å². The maximum atomic E-state index is 13.0. The van der Waals surface area contributed by atoms with Gasteiger partial charge in [0.05, 0.1) is 6.42 Å². The van der Waals surface area contributed by atoms with Gasteiger partial charge in [0.2, 0.25) is 17.7 Å². The van der Waals surface area contributed by atoms with Gasteiger partial charge >= 0.3 is 0 Å². The number of nitrogens with zero attached hydrogens (tertiary/aromatic N) is 2. The molecular weight excluding hydrogens is 387 g/mol. The molecule has 1 aliphatic heterocycles. The van der Waals surface area contributed by atoms with Gasteiger partial charge in [-0.15, -0.1) is 0 Å². The lowest BCUT2D eigenvalue weighted by Crippen LogP contribution is -2.49. The fraction of sp³-hybridized carbons (Fsp3) is 0.318. The fourth-order valence-corrected chi connectivity index (χ4v) is 3.27. The molecule has 0 radical (unpaired) electrons. The van der Waals surface area contributed by atoms with Crippen LogP contribution in [0.2, 0.25) is 0 Å². The van der Waals surface area contributed by atoms with Crippen LogP contribution < -0.4 is 15.8 Å². The van der Waals surface area contributed by atoms with E-state index in [2.05, 4.69) is 15.8 Å². The molecule has 1 fully saturated rings. The number of halogens is 1. The van der Waals surface area contributed by atoms with Crippen molar-refractivity contribution in [3.8, 4) is 0 Å². The molecule has 0 atom stereocenters. The van der Waals surface area contributed by atoms with Gasteiger partial charge in [-0.1, -0.05) is 30.3 Å². The summed E-state index contributed by atoms with van der Waals surface area (Å²) < 4.78 is 13.0. The number of rotatable bonds is 6. The molecule has 2 N–H and O–H groups in total. The van der Waals surface area contributed by atoms with Gasteiger partial charge in [0.25, 0.3) is 0 Å². The molecular formula is C22H25FN4O3. The van der Waals surface area contributed by atoms with E-state index in [1.807, 2.05) is 30.3 Å². The number of benzene rings is 2. The molecule has 7 nitrogen and oxygen atoms in total. The van der Waals surface area contributed by atoms with Crippen molar-refractivity contribution in [3.63, 3.8) is 0 Å². The van der Waals surface area contributed by atoms with Crippen molar-refractivity contribution >= 4 is 23.4 Å². The molecule has 3 amide bonds. The van der Waals surface area contributed by atoms with Gasteiger partial charge in [0.1, 0.15) is 5.82 Å². The van der Waals surface area contributed by atoms with Gasteiger partial charge in [-0.3, -0.25) is 25.2 Å². The molecule has 0 unspecified atom stereocenters. The molecule has 158 valence electrons. The number of piperazine rings is 1. The molecule has 1 aliphatic rings. The van der Waals surface area contributed by atoms with Crippen molar-refractivity contribution in [2.24, 2.45) is 0 Å². The zero-order chi connectivity index (χ0) is 21.3. The summed E-state index contributed by atoms with van der Waals surface area (Å²) in [6.45, 7) is 2.40. The van der Waals surface area contributed by atoms with Crippen molar-refractivity contribution in [2.45, 2.75) is 19.3 Å². The van der Waals surface area contributed by atoms with Crippen molar-refractivity contribution in [3.05, 3.63) is 66.0 Å². The maximum absolute atomic E-state index is 13.0. The minimum atomic E-state index is -0.408. The highest BCUT2D eigenvalue weighted by atomic mass is 19.1. The minimum absolute atomic E-state index is 0.00261. The van der Waals surface area contributed by atoms with Crippen molar-refractivity contribution in [1.29, 1.82) is 0 Å². The Morgan fingerprint density at radius 2 is 1.43 bits per heavy atom. The quantitative estimate of drug-likeness (QED) is 0.707. The number of nitrogens with one attached hydrogen (secondary N) is 2. The summed E-state index contributed by atoms with van der Waals surface area (Å²) in [4.78, 5) is 39.9. The Hall–Kier alpha value is -3.42. The molecule has 2 aromatic rings. The first-order chi connectivity index (χ1) is 14.5. The number of anilines is 1. The van der Waals surface area contributed by atoms with Gasteiger partial charge in [-0.25, -0.2) is 4.39 Å². The summed E-state index contributed by atoms with van der Waals surface area (Å²) in [5.41, 5.74) is 6.48. The molecule has 1 saturated heterocycles. The number of hydrogen-bond acceptors (Lipinski definition) is 4. The van der Waals surface area contributed by atoms with Crippen LogP contribution in [0.5, 0.6) is 0 Å². The first-order valence-electron chi connectivity index (χ1n) is 9.91. The summed E-state index contributed by atoms with van der Waals surface area (Å²) in [5, 5.41) is 0. The van der Waals surface area contributed by atoms with Gasteiger partial charge in [-0.05, 0) is 29.8 Å². The molecule has 0 aliphatic carbocycles. The lowest BCUT2D eigenvalue weighted by molar-refractivity contribution is -0.134. The first-order valence-corrected chi connectivity index (χ1v) is 9.91. The van der Waals surface area contributed by atoms with Crippen LogP contribution in [-0.2, 0) is 20.8 Å². The molecule has 0 spiro atoms. The lowest BCUT2D eigenvalue weighted by Gasteiger charge is -2.36. The highest BCUT2D eigenvalue weighted by Crippen LogP contribution is 2.17. The molecule has 8 heteroatoms. The third-order valence-corrected chi connectivity index (χ3v) is 4.94. The predicted octanol–water partition coefficient (Wildman–Crippen LogP) is 1.64. The van der Waals surface area contributed by atoms with E-state index in [4.69, 9.17) is 0 Å². The Morgan fingerprint density at radius 3 is 2.10 bits per heavy atom. The average Bonchev–Trinajstić information content (AvgIpc) is 2.77. The largest absolute Gasteiger partial charge is 0.368 e. The highest BCUT2D eigenvalue weighted by molar-refractivity contribution is 5.86. The third-order valence-electron chi connectivity index (χ3n) is 4.94. The van der Waals surface area contributed by atoms with E-state index in [1.165, 1.54) is 12.1 Å². The van der Waals surface area contributed by atoms with Gasteiger partial charge in [0, 0.05) is 44.7 Å². The second-order valence-electron chi connectivity index (χ2n) is 7.10. The van der Waals surface area contributed by atoms with E-state index in [9.17, 15) is 18.8 Å². The summed E-state index contributed by atoms with van der Waals surface area (Å²) in [5.74, 6) is -1.10. The van der Waals surface area contributed by atoms with Crippen LogP contribution in [0.1, 0.15) is 18.4 Å². The Bertz CT molecular complexity index is 866. The molecule has 30 heavy (non-hydrogen) atoms. The molecule has 1 heterocycles. The van der Waals surface area contributed by atoms with Crippen molar-refractivity contribution in [2.75, 3.05) is 31.1 Å². The zero-order valence-corrected chi connectivity index (χ0v) is 16.6. The van der Waals surface area contributed by atoms with E-state index in [0.717, 1.165) is 11.3 Å². The van der Waals surface area contributed by atoms with Gasteiger partial charge < -0.3 is 9.80 Å². The summed E-state index contributed by atoms with van der Waals surface area (Å²) in [7, 11) is 0. The van der Waals surface area contributed by atoms with Crippen LogP contribution in [0.4, 0.5) is 10.1 Å². The molecule has 0 aromatic heterocycles. The van der Waals surface area contributed by atoms with Crippen LogP contribution >= 0.6 is 0 Å². The molecule has 0 bridgehead atoms. The van der Waals surface area contributed by atoms with Crippen LogP contribution in [-0.4, -0.2) is 48.8 Å². The Balaban J connectivity index is 1.33. The van der Waals surface area contributed by atoms with E-state index in [1.54, 1.807) is 17.0 Å². The maximum Gasteiger partial charge on any atom is 0.242 e. The van der Waals surface area contributed by atoms with Gasteiger partial charge in [-0.2, -0.15) is 0 Å². The van der Waals surface area contributed by atoms with E-state index < -0.39 is 5.91 Å². The van der Waals surface area contributed by atoms with Crippen LogP contribution in [0, 0.1) is 5.82 Å². The number of hydrogen-bond donors (Lipinski definition) is 2. The SMILES string of the molecule is O=C(CCC(=O)N1CCN(c2ccc(F)cc2)CC1)NNC(=O)Cc1ccccc1. The molecule has 3 rings (SSSR count). The van der Waals surface area contributed by atoms with E-state index in [0.29, 0.717) is 26.2 Å². The fourth-order valence-electron chi connectivity index (χ4n) is 3.27. The second-order valence-corrected chi connectivity index (χ2v) is 7.10. The average molecular weight is 412 g/mol. The Labute approximate surface area is 174 Å². The molecule has 0 saturated carbocycles. The summed E-state index contributed by atoms with van der Waals surface area (Å²) in [6, 6.07) is 15.5. The Morgan fingerprint density at radius 1 is 0.800 bits per heavy atom. The smallest absolute Gasteiger partial charge is 0.242 e. The van der Waals surface area contributed by atoms with Crippen molar-refractivity contribution < 1.29 is 18.8 Å². The van der Waals surface area contributed by atoms with E-state index >= 15 is 0 Å². The number of carbonyl (C=O) groups is 3. The second kappa shape index (κ2) is 10.4. The number of amides is 3. The van der Waals surface area contributed by atoms with E-state index in [-0.39, 0.29) is 36.9 Å². The van der Waals surface area contributed by atoms with Crippen molar-refractivity contribution in [1.82, 2.24) is 15.8 Å². The first kappa shape index (κ1) is 21.3. The standard InChI is InChI=1S/C22H25FN4O3/c23-18-6-8-19(9-7-18)26-12-14-27(15-13-26)22(30)11-10-20(28)24-25-21(29)16-17-4-2-1-3-5-17/h1-9H,10-16H2,(H,24,28)(H,25,29). The topological polar surface area (TPSA) is 81.8 Å². The monoisotopic (exact) mass is 412 g/mol. The normalized spacial score (nSPS) is 13.6. The molecule has 2 aromatic carbocycles. The Kier molecular flexibility index (Phi) is 7.37. The third kappa shape index (κ3) is 6.30. The van der Waals surface area contributed by atoms with Crippen LogP contribution in [0.15, 0.2) is 54.6 Å².